The number of rotatable bonds is 4. The van der Waals surface area contributed by atoms with Crippen LogP contribution in [0.2, 0.25) is 0 Å². The van der Waals surface area contributed by atoms with E-state index in [1.54, 1.807) is 5.51 Å². The summed E-state index contributed by atoms with van der Waals surface area (Å²) in [6.07, 6.45) is 2.24. The van der Waals surface area contributed by atoms with E-state index in [0.29, 0.717) is 12.2 Å². The Morgan fingerprint density at radius 3 is 3.00 bits per heavy atom. The van der Waals surface area contributed by atoms with Crippen molar-refractivity contribution in [3.63, 3.8) is 0 Å². The Bertz CT molecular complexity index is 577. The maximum absolute atomic E-state index is 12.2. The highest BCUT2D eigenvalue weighted by atomic mass is 32.1. The van der Waals surface area contributed by atoms with Gasteiger partial charge >= 0.3 is 0 Å². The molecule has 2 heterocycles. The van der Waals surface area contributed by atoms with Crippen LogP contribution in [0.1, 0.15) is 23.3 Å². The van der Waals surface area contributed by atoms with Crippen molar-refractivity contribution in [3.05, 3.63) is 41.5 Å². The molecule has 1 aliphatic heterocycles. The van der Waals surface area contributed by atoms with E-state index in [0.717, 1.165) is 29.9 Å². The van der Waals surface area contributed by atoms with Crippen LogP contribution in [0.15, 0.2) is 35.8 Å². The minimum Gasteiger partial charge on any atom is -0.376 e. The lowest BCUT2D eigenvalue weighted by Gasteiger charge is -2.10. The number of hydrogen-bond donors (Lipinski definition) is 1. The van der Waals surface area contributed by atoms with Gasteiger partial charge < -0.3 is 10.1 Å². The molecule has 1 aromatic heterocycles. The summed E-state index contributed by atoms with van der Waals surface area (Å²) >= 11 is 1.49. The second-order valence-electron chi connectivity index (χ2n) is 4.74. The molecule has 0 aliphatic carbocycles. The zero-order valence-electron chi connectivity index (χ0n) is 11.0. The summed E-state index contributed by atoms with van der Waals surface area (Å²) in [4.78, 5) is 17.3. The number of ether oxygens (including phenoxy) is 1. The number of aromatic nitrogens is 1. The van der Waals surface area contributed by atoms with E-state index in [-0.39, 0.29) is 12.0 Å². The molecular formula is C15H16N2O2S. The van der Waals surface area contributed by atoms with Crippen molar-refractivity contribution in [2.24, 2.45) is 0 Å². The summed E-state index contributed by atoms with van der Waals surface area (Å²) in [6.45, 7) is 1.36. The predicted octanol–water partition coefficient (Wildman–Crippen LogP) is 2.72. The minimum absolute atomic E-state index is 0.124. The van der Waals surface area contributed by atoms with Crippen LogP contribution in [-0.2, 0) is 4.74 Å². The van der Waals surface area contributed by atoms with Gasteiger partial charge in [0.15, 0.2) is 0 Å². The Kier molecular flexibility index (Phi) is 4.08. The van der Waals surface area contributed by atoms with Gasteiger partial charge in [-0.15, -0.1) is 11.3 Å². The van der Waals surface area contributed by atoms with Gasteiger partial charge in [-0.2, -0.15) is 0 Å². The van der Waals surface area contributed by atoms with Crippen LogP contribution in [0.5, 0.6) is 0 Å². The molecule has 1 saturated heterocycles. The molecule has 3 rings (SSSR count). The standard InChI is InChI=1S/C15H16N2O2S/c18-15(16-9-12-7-4-8-19-12)13-14(20-10-17-13)11-5-2-1-3-6-11/h1-3,5-6,10,12H,4,7-9H2,(H,16,18). The number of nitrogens with one attached hydrogen (secondary N) is 1. The number of nitrogens with zero attached hydrogens (tertiary/aromatic N) is 1. The van der Waals surface area contributed by atoms with Gasteiger partial charge in [-0.3, -0.25) is 4.79 Å². The highest BCUT2D eigenvalue weighted by Crippen LogP contribution is 2.27. The van der Waals surface area contributed by atoms with Gasteiger partial charge in [-0.1, -0.05) is 30.3 Å². The van der Waals surface area contributed by atoms with Gasteiger partial charge in [0.25, 0.3) is 5.91 Å². The molecule has 1 N–H and O–H groups in total. The average Bonchev–Trinajstić information content (AvgIpc) is 3.17. The highest BCUT2D eigenvalue weighted by molar-refractivity contribution is 7.13. The molecule has 1 atom stereocenters. The van der Waals surface area contributed by atoms with E-state index < -0.39 is 0 Å². The summed E-state index contributed by atoms with van der Waals surface area (Å²) in [5, 5.41) is 2.92. The van der Waals surface area contributed by atoms with Gasteiger partial charge in [0.1, 0.15) is 5.69 Å². The van der Waals surface area contributed by atoms with E-state index in [2.05, 4.69) is 10.3 Å². The molecule has 1 unspecified atom stereocenters. The van der Waals surface area contributed by atoms with Crippen LogP contribution in [0.3, 0.4) is 0 Å². The fraction of sp³-hybridized carbons (Fsp3) is 0.333. The van der Waals surface area contributed by atoms with Gasteiger partial charge in [0, 0.05) is 13.2 Å². The number of amides is 1. The Balaban J connectivity index is 1.70. The van der Waals surface area contributed by atoms with E-state index >= 15 is 0 Å². The van der Waals surface area contributed by atoms with Crippen LogP contribution in [0.25, 0.3) is 10.4 Å². The summed E-state index contributed by atoms with van der Waals surface area (Å²) < 4.78 is 5.50. The number of carbonyl (C=O) groups excluding carboxylic acids is 1. The molecule has 1 fully saturated rings. The van der Waals surface area contributed by atoms with E-state index in [4.69, 9.17) is 4.74 Å². The first kappa shape index (κ1) is 13.3. The van der Waals surface area contributed by atoms with Gasteiger partial charge in [0.2, 0.25) is 0 Å². The molecule has 5 heteroatoms. The number of benzene rings is 1. The van der Waals surface area contributed by atoms with Gasteiger partial charge in [-0.05, 0) is 18.4 Å². The number of thiazole rings is 1. The van der Waals surface area contributed by atoms with Gasteiger partial charge in [0.05, 0.1) is 16.5 Å². The summed E-state index contributed by atoms with van der Waals surface area (Å²) in [5.41, 5.74) is 3.24. The van der Waals surface area contributed by atoms with E-state index in [1.165, 1.54) is 11.3 Å². The van der Waals surface area contributed by atoms with Crippen LogP contribution in [0, 0.1) is 0 Å². The molecule has 4 nitrogen and oxygen atoms in total. The van der Waals surface area contributed by atoms with E-state index in [9.17, 15) is 4.79 Å². The lowest BCUT2D eigenvalue weighted by atomic mass is 10.1. The molecule has 2 aromatic rings. The maximum atomic E-state index is 12.2. The molecule has 0 bridgehead atoms. The Hall–Kier alpha value is -1.72. The first-order chi connectivity index (χ1) is 9.84. The summed E-state index contributed by atoms with van der Waals surface area (Å²) in [7, 11) is 0. The normalized spacial score (nSPS) is 18.1. The third-order valence-corrected chi connectivity index (χ3v) is 4.21. The largest absolute Gasteiger partial charge is 0.376 e. The smallest absolute Gasteiger partial charge is 0.271 e. The minimum atomic E-state index is -0.124. The maximum Gasteiger partial charge on any atom is 0.271 e. The fourth-order valence-corrected chi connectivity index (χ4v) is 3.09. The zero-order chi connectivity index (χ0) is 13.8. The third-order valence-electron chi connectivity index (χ3n) is 3.33. The van der Waals surface area contributed by atoms with Crippen molar-refractivity contribution in [3.8, 4) is 10.4 Å². The van der Waals surface area contributed by atoms with Crippen LogP contribution >= 0.6 is 11.3 Å². The van der Waals surface area contributed by atoms with E-state index in [1.807, 2.05) is 30.3 Å². The molecule has 0 spiro atoms. The fourth-order valence-electron chi connectivity index (χ4n) is 2.30. The zero-order valence-corrected chi connectivity index (χ0v) is 11.9. The van der Waals surface area contributed by atoms with Crippen LogP contribution < -0.4 is 5.32 Å². The van der Waals surface area contributed by atoms with Crippen molar-refractivity contribution < 1.29 is 9.53 Å². The molecule has 0 radical (unpaired) electrons. The van der Waals surface area contributed by atoms with Crippen molar-refractivity contribution in [2.45, 2.75) is 18.9 Å². The Morgan fingerprint density at radius 1 is 1.40 bits per heavy atom. The topological polar surface area (TPSA) is 51.2 Å². The Morgan fingerprint density at radius 2 is 2.25 bits per heavy atom. The quantitative estimate of drug-likeness (QED) is 0.941. The van der Waals surface area contributed by atoms with Crippen molar-refractivity contribution in [1.82, 2.24) is 10.3 Å². The lowest BCUT2D eigenvalue weighted by Crippen LogP contribution is -2.32. The van der Waals surface area contributed by atoms with Crippen LogP contribution in [0.4, 0.5) is 0 Å². The monoisotopic (exact) mass is 288 g/mol. The first-order valence-electron chi connectivity index (χ1n) is 6.73. The predicted molar refractivity (Wildman–Crippen MR) is 78.9 cm³/mol. The summed E-state index contributed by atoms with van der Waals surface area (Å²) in [6, 6.07) is 9.86. The molecule has 104 valence electrons. The van der Waals surface area contributed by atoms with Gasteiger partial charge in [-0.25, -0.2) is 4.98 Å². The first-order valence-corrected chi connectivity index (χ1v) is 7.61. The molecule has 1 aliphatic rings. The van der Waals surface area contributed by atoms with Crippen molar-refractivity contribution in [1.29, 1.82) is 0 Å². The average molecular weight is 288 g/mol. The molecule has 20 heavy (non-hydrogen) atoms. The Labute approximate surface area is 121 Å². The number of hydrogen-bond acceptors (Lipinski definition) is 4. The second-order valence-corrected chi connectivity index (χ2v) is 5.60. The summed E-state index contributed by atoms with van der Waals surface area (Å²) in [5.74, 6) is -0.124. The third kappa shape index (κ3) is 2.89. The SMILES string of the molecule is O=C(NCC1CCCO1)c1ncsc1-c1ccccc1. The molecule has 1 amide bonds. The van der Waals surface area contributed by atoms with Crippen molar-refractivity contribution >= 4 is 17.2 Å². The molecule has 0 saturated carbocycles. The van der Waals surface area contributed by atoms with Crippen LogP contribution in [-0.4, -0.2) is 30.1 Å². The number of carbonyl (C=O) groups is 1. The lowest BCUT2D eigenvalue weighted by molar-refractivity contribution is 0.0855. The molecule has 1 aromatic carbocycles. The van der Waals surface area contributed by atoms with Crippen molar-refractivity contribution in [2.75, 3.05) is 13.2 Å². The molecular weight excluding hydrogens is 272 g/mol. The highest BCUT2D eigenvalue weighted by Gasteiger charge is 2.19. The second kappa shape index (κ2) is 6.15.